The Labute approximate surface area is 229 Å². The largest absolute Gasteiger partial charge is 0.497 e. The van der Waals surface area contributed by atoms with Gasteiger partial charge in [0.15, 0.2) is 0 Å². The molecule has 0 heterocycles. The van der Waals surface area contributed by atoms with Crippen LogP contribution in [-0.4, -0.2) is 41.2 Å². The smallest absolute Gasteiger partial charge is 0.243 e. The number of nitrogens with one attached hydrogen (secondary N) is 1. The van der Waals surface area contributed by atoms with Crippen LogP contribution in [0, 0.1) is 0 Å². The molecule has 0 saturated heterocycles. The van der Waals surface area contributed by atoms with E-state index in [1.807, 2.05) is 99.6 Å². The molecule has 3 aromatic carbocycles. The maximum Gasteiger partial charge on any atom is 0.243 e. The molecule has 0 aliphatic carbocycles. The average molecular weight is 539 g/mol. The summed E-state index contributed by atoms with van der Waals surface area (Å²) in [4.78, 5) is 29.0. The fourth-order valence-corrected chi connectivity index (χ4v) is 5.12. The molecular formula is C30H35ClN2O3S. The molecule has 0 aromatic heterocycles. The lowest BCUT2D eigenvalue weighted by Crippen LogP contribution is -2.54. The molecule has 1 N–H and O–H groups in total. The van der Waals surface area contributed by atoms with E-state index in [9.17, 15) is 9.59 Å². The number of benzene rings is 3. The van der Waals surface area contributed by atoms with Gasteiger partial charge < -0.3 is 15.0 Å². The first-order valence-electron chi connectivity index (χ1n) is 12.3. The minimum absolute atomic E-state index is 0.107. The number of nitrogens with zero attached hydrogens (tertiary/aromatic N) is 1. The summed E-state index contributed by atoms with van der Waals surface area (Å²) in [6.45, 7) is 6.12. The fraction of sp³-hybridized carbons (Fsp3) is 0.333. The average Bonchev–Trinajstić information content (AvgIpc) is 2.87. The number of carbonyl (C=O) groups excluding carboxylic acids is 2. The Balaban J connectivity index is 1.89. The summed E-state index contributed by atoms with van der Waals surface area (Å²) in [5.74, 6) is 1.25. The van der Waals surface area contributed by atoms with Crippen LogP contribution < -0.4 is 10.1 Å². The maximum atomic E-state index is 13.7. The molecular weight excluding hydrogens is 504 g/mol. The van der Waals surface area contributed by atoms with Crippen molar-refractivity contribution in [1.29, 1.82) is 0 Å². The highest BCUT2D eigenvalue weighted by atomic mass is 35.5. The zero-order valence-electron chi connectivity index (χ0n) is 21.9. The molecule has 3 rings (SSSR count). The molecule has 0 bridgehead atoms. The fourth-order valence-electron chi connectivity index (χ4n) is 3.92. The number of ether oxygens (including phenoxy) is 1. The number of methoxy groups -OCH3 is 1. The van der Waals surface area contributed by atoms with Crippen molar-refractivity contribution in [3.05, 3.63) is 101 Å². The summed E-state index contributed by atoms with van der Waals surface area (Å²) in [5.41, 5.74) is 2.43. The molecule has 0 fully saturated rings. The zero-order chi connectivity index (χ0) is 26.8. The Morgan fingerprint density at radius 1 is 0.973 bits per heavy atom. The van der Waals surface area contributed by atoms with Gasteiger partial charge in [0, 0.05) is 29.3 Å². The van der Waals surface area contributed by atoms with Crippen LogP contribution in [0.2, 0.25) is 5.02 Å². The minimum atomic E-state index is -0.679. The van der Waals surface area contributed by atoms with Crippen molar-refractivity contribution in [1.82, 2.24) is 10.2 Å². The molecule has 0 spiro atoms. The summed E-state index contributed by atoms with van der Waals surface area (Å²) in [6.07, 6.45) is 0.410. The minimum Gasteiger partial charge on any atom is -0.497 e. The Bertz CT molecular complexity index is 1180. The second-order valence-corrected chi connectivity index (χ2v) is 11.3. The van der Waals surface area contributed by atoms with Crippen LogP contribution in [0.25, 0.3) is 0 Å². The van der Waals surface area contributed by atoms with Gasteiger partial charge in [-0.3, -0.25) is 9.59 Å². The SMILES string of the molecule is COc1cccc(CN(C(=O)CSCc2ccccc2Cl)[C@@H](Cc2ccccc2)C(=O)NC(C)(C)C)c1. The van der Waals surface area contributed by atoms with Gasteiger partial charge >= 0.3 is 0 Å². The summed E-state index contributed by atoms with van der Waals surface area (Å²) < 4.78 is 5.39. The number of hydrogen-bond acceptors (Lipinski definition) is 4. The third-order valence-electron chi connectivity index (χ3n) is 5.70. The molecule has 7 heteroatoms. The number of hydrogen-bond donors (Lipinski definition) is 1. The van der Waals surface area contributed by atoms with E-state index in [0.717, 1.165) is 16.7 Å². The van der Waals surface area contributed by atoms with Gasteiger partial charge in [0.05, 0.1) is 12.9 Å². The summed E-state index contributed by atoms with van der Waals surface area (Å²) in [7, 11) is 1.61. The molecule has 1 atom stereocenters. The van der Waals surface area contributed by atoms with Gasteiger partial charge in [-0.1, -0.05) is 72.3 Å². The molecule has 0 aliphatic heterocycles. The Hall–Kier alpha value is -2.96. The van der Waals surface area contributed by atoms with E-state index < -0.39 is 11.6 Å². The first-order valence-corrected chi connectivity index (χ1v) is 13.8. The maximum absolute atomic E-state index is 13.7. The number of amides is 2. The van der Waals surface area contributed by atoms with Crippen molar-refractivity contribution in [2.24, 2.45) is 0 Å². The predicted molar refractivity (Wildman–Crippen MR) is 153 cm³/mol. The highest BCUT2D eigenvalue weighted by Gasteiger charge is 2.32. The van der Waals surface area contributed by atoms with E-state index in [2.05, 4.69) is 5.32 Å². The predicted octanol–water partition coefficient (Wildman–Crippen LogP) is 6.14. The van der Waals surface area contributed by atoms with Crippen LogP contribution in [0.4, 0.5) is 0 Å². The normalized spacial score (nSPS) is 12.0. The van der Waals surface area contributed by atoms with Crippen molar-refractivity contribution in [3.8, 4) is 5.75 Å². The first-order chi connectivity index (χ1) is 17.7. The Morgan fingerprint density at radius 3 is 2.32 bits per heavy atom. The number of rotatable bonds is 11. The van der Waals surface area contributed by atoms with Gasteiger partial charge in [-0.05, 0) is 55.7 Å². The third kappa shape index (κ3) is 9.13. The topological polar surface area (TPSA) is 58.6 Å². The van der Waals surface area contributed by atoms with E-state index in [4.69, 9.17) is 16.3 Å². The van der Waals surface area contributed by atoms with Crippen LogP contribution in [0.3, 0.4) is 0 Å². The highest BCUT2D eigenvalue weighted by Crippen LogP contribution is 2.23. The number of halogens is 1. The van der Waals surface area contributed by atoms with E-state index >= 15 is 0 Å². The highest BCUT2D eigenvalue weighted by molar-refractivity contribution is 7.99. The van der Waals surface area contributed by atoms with Gasteiger partial charge in [-0.25, -0.2) is 0 Å². The van der Waals surface area contributed by atoms with E-state index in [1.54, 1.807) is 12.0 Å². The number of carbonyl (C=O) groups is 2. The molecule has 0 radical (unpaired) electrons. The van der Waals surface area contributed by atoms with Crippen molar-refractivity contribution in [3.63, 3.8) is 0 Å². The van der Waals surface area contributed by atoms with Crippen molar-refractivity contribution in [2.45, 2.75) is 51.1 Å². The lowest BCUT2D eigenvalue weighted by Gasteiger charge is -2.34. The van der Waals surface area contributed by atoms with Crippen molar-refractivity contribution < 1.29 is 14.3 Å². The molecule has 3 aromatic rings. The number of thioether (sulfide) groups is 1. The quantitative estimate of drug-likeness (QED) is 0.319. The van der Waals surface area contributed by atoms with Crippen LogP contribution in [-0.2, 0) is 28.3 Å². The van der Waals surface area contributed by atoms with Crippen molar-refractivity contribution >= 4 is 35.2 Å². The lowest BCUT2D eigenvalue weighted by molar-refractivity contribution is -0.140. The Morgan fingerprint density at radius 2 is 1.65 bits per heavy atom. The third-order valence-corrected chi connectivity index (χ3v) is 7.03. The van der Waals surface area contributed by atoms with Gasteiger partial charge in [0.2, 0.25) is 11.8 Å². The van der Waals surface area contributed by atoms with Gasteiger partial charge in [0.25, 0.3) is 0 Å². The Kier molecular flexibility index (Phi) is 10.5. The second-order valence-electron chi connectivity index (χ2n) is 9.90. The zero-order valence-corrected chi connectivity index (χ0v) is 23.4. The summed E-state index contributed by atoms with van der Waals surface area (Å²) >= 11 is 7.80. The van der Waals surface area contributed by atoms with Gasteiger partial charge in [-0.15, -0.1) is 11.8 Å². The van der Waals surface area contributed by atoms with E-state index in [0.29, 0.717) is 22.9 Å². The molecule has 0 saturated carbocycles. The first kappa shape index (κ1) is 28.6. The summed E-state index contributed by atoms with van der Waals surface area (Å²) in [6, 6.07) is 24.4. The summed E-state index contributed by atoms with van der Waals surface area (Å²) in [5, 5.41) is 3.77. The second kappa shape index (κ2) is 13.5. The van der Waals surface area contributed by atoms with Crippen LogP contribution >= 0.6 is 23.4 Å². The monoisotopic (exact) mass is 538 g/mol. The van der Waals surface area contributed by atoms with Crippen LogP contribution in [0.5, 0.6) is 5.75 Å². The van der Waals surface area contributed by atoms with E-state index in [-0.39, 0.29) is 24.1 Å². The standard InChI is InChI=1S/C30H35ClN2O3S/c1-30(2,3)32-29(35)27(18-22-11-6-5-7-12-22)33(19-23-13-10-15-25(17-23)36-4)28(34)21-37-20-24-14-8-9-16-26(24)31/h5-17,27H,18-21H2,1-4H3,(H,32,35)/t27-/m0/s1. The molecule has 5 nitrogen and oxygen atoms in total. The van der Waals surface area contributed by atoms with Gasteiger partial charge in [0.1, 0.15) is 11.8 Å². The molecule has 2 amide bonds. The van der Waals surface area contributed by atoms with E-state index in [1.165, 1.54) is 11.8 Å². The van der Waals surface area contributed by atoms with Gasteiger partial charge in [-0.2, -0.15) is 0 Å². The van der Waals surface area contributed by atoms with Crippen LogP contribution in [0.1, 0.15) is 37.5 Å². The lowest BCUT2D eigenvalue weighted by atomic mass is 10.0. The molecule has 196 valence electrons. The molecule has 0 aliphatic rings. The van der Waals surface area contributed by atoms with Crippen LogP contribution in [0.15, 0.2) is 78.9 Å². The molecule has 37 heavy (non-hydrogen) atoms. The molecule has 0 unspecified atom stereocenters. The van der Waals surface area contributed by atoms with Crippen molar-refractivity contribution in [2.75, 3.05) is 12.9 Å².